The predicted octanol–water partition coefficient (Wildman–Crippen LogP) is 3.48. The molecule has 1 aromatic rings. The van der Waals surface area contributed by atoms with Crippen LogP contribution >= 0.6 is 24.8 Å². The van der Waals surface area contributed by atoms with Gasteiger partial charge in [0.1, 0.15) is 11.6 Å². The molecule has 0 aromatic heterocycles. The Kier molecular flexibility index (Phi) is 8.44. The van der Waals surface area contributed by atoms with Crippen molar-refractivity contribution in [3.63, 3.8) is 0 Å². The number of methoxy groups -OCH3 is 1. The van der Waals surface area contributed by atoms with Gasteiger partial charge < -0.3 is 20.3 Å². The average molecular weight is 448 g/mol. The molecule has 4 rings (SSSR count). The zero-order chi connectivity index (χ0) is 19.0. The highest BCUT2D eigenvalue weighted by molar-refractivity contribution is 5.85. The maximum atomic E-state index is 13.4. The van der Waals surface area contributed by atoms with E-state index in [1.54, 1.807) is 13.2 Å². The molecule has 0 radical (unpaired) electrons. The zero-order valence-corrected chi connectivity index (χ0v) is 18.5. The Bertz CT molecular complexity index is 687. The Morgan fingerprint density at radius 2 is 1.72 bits per heavy atom. The van der Waals surface area contributed by atoms with E-state index < -0.39 is 0 Å². The van der Waals surface area contributed by atoms with Gasteiger partial charge in [-0.05, 0) is 49.7 Å². The van der Waals surface area contributed by atoms with E-state index in [0.29, 0.717) is 42.6 Å². The summed E-state index contributed by atoms with van der Waals surface area (Å²) in [5.41, 5.74) is 7.27. The molecule has 2 aliphatic carbocycles. The number of anilines is 1. The number of hydrogen-bond donors (Lipinski definition) is 1. The van der Waals surface area contributed by atoms with Crippen LogP contribution in [-0.2, 0) is 4.79 Å². The summed E-state index contributed by atoms with van der Waals surface area (Å²) in [6.07, 6.45) is 5.55. The van der Waals surface area contributed by atoms with Gasteiger partial charge in [-0.25, -0.2) is 4.39 Å². The van der Waals surface area contributed by atoms with Crippen LogP contribution < -0.4 is 15.4 Å². The SMILES string of the molecule is COc1cc(F)ccc1N1CCN(C(=O)C2CC3CCCC(C2)C3N)CC1.Cl.Cl. The molecule has 2 atom stereocenters. The van der Waals surface area contributed by atoms with Gasteiger partial charge in [0, 0.05) is 44.2 Å². The summed E-state index contributed by atoms with van der Waals surface area (Å²) in [5, 5.41) is 0. The number of rotatable bonds is 3. The lowest BCUT2D eigenvalue weighted by Crippen LogP contribution is -2.53. The lowest BCUT2D eigenvalue weighted by Gasteiger charge is -2.45. The topological polar surface area (TPSA) is 58.8 Å². The first-order valence-electron chi connectivity index (χ1n) is 10.2. The second kappa shape index (κ2) is 10.2. The number of carbonyl (C=O) groups is 1. The number of ether oxygens (including phenoxy) is 1. The van der Waals surface area contributed by atoms with Crippen LogP contribution in [-0.4, -0.2) is 50.1 Å². The van der Waals surface area contributed by atoms with E-state index in [1.807, 2.05) is 4.90 Å². The number of nitrogens with zero attached hydrogens (tertiary/aromatic N) is 2. The number of amides is 1. The van der Waals surface area contributed by atoms with Crippen LogP contribution in [0.4, 0.5) is 10.1 Å². The van der Waals surface area contributed by atoms with E-state index in [9.17, 15) is 9.18 Å². The Hall–Kier alpha value is -1.24. The van der Waals surface area contributed by atoms with Crippen LogP contribution in [0.25, 0.3) is 0 Å². The minimum Gasteiger partial charge on any atom is -0.494 e. The highest BCUT2D eigenvalue weighted by Crippen LogP contribution is 2.42. The lowest BCUT2D eigenvalue weighted by atomic mass is 9.65. The van der Waals surface area contributed by atoms with Crippen molar-refractivity contribution < 1.29 is 13.9 Å². The summed E-state index contributed by atoms with van der Waals surface area (Å²) in [7, 11) is 1.56. The summed E-state index contributed by atoms with van der Waals surface area (Å²) in [6, 6.07) is 4.93. The molecule has 1 amide bonds. The normalized spacial score (nSPS) is 28.8. The molecule has 2 bridgehead atoms. The molecule has 2 N–H and O–H groups in total. The fourth-order valence-electron chi connectivity index (χ4n) is 5.33. The molecule has 1 aliphatic heterocycles. The van der Waals surface area contributed by atoms with Crippen molar-refractivity contribution in [3.8, 4) is 5.75 Å². The van der Waals surface area contributed by atoms with Crippen molar-refractivity contribution in [1.29, 1.82) is 0 Å². The third-order valence-corrected chi connectivity index (χ3v) is 6.84. The zero-order valence-electron chi connectivity index (χ0n) is 16.9. The average Bonchev–Trinajstić information content (AvgIpc) is 2.67. The Labute approximate surface area is 184 Å². The molecule has 1 saturated heterocycles. The number of halogens is 3. The van der Waals surface area contributed by atoms with E-state index in [0.717, 1.165) is 31.6 Å². The second-order valence-corrected chi connectivity index (χ2v) is 8.33. The van der Waals surface area contributed by atoms with Crippen LogP contribution in [0.15, 0.2) is 18.2 Å². The predicted molar refractivity (Wildman–Crippen MR) is 118 cm³/mol. The van der Waals surface area contributed by atoms with Crippen LogP contribution in [0.3, 0.4) is 0 Å². The standard InChI is InChI=1S/C21H30FN3O2.2ClH/c1-27-19-13-17(22)5-6-18(19)24-7-9-25(10-8-24)21(26)16-11-14-3-2-4-15(12-16)20(14)23;;/h5-6,13-16,20H,2-4,7-12,23H2,1H3;2*1H. The molecule has 3 fully saturated rings. The summed E-state index contributed by atoms with van der Waals surface area (Å²) in [6.45, 7) is 2.90. The molecular formula is C21H32Cl2FN3O2. The van der Waals surface area contributed by atoms with Crippen molar-refractivity contribution in [2.75, 3.05) is 38.2 Å². The number of benzene rings is 1. The number of nitrogens with two attached hydrogens (primary N) is 1. The maximum Gasteiger partial charge on any atom is 0.225 e. The molecule has 2 unspecified atom stereocenters. The third kappa shape index (κ3) is 4.92. The van der Waals surface area contributed by atoms with E-state index in [4.69, 9.17) is 10.5 Å². The molecule has 164 valence electrons. The first-order chi connectivity index (χ1) is 13.1. The first kappa shape index (κ1) is 24.0. The molecule has 5 nitrogen and oxygen atoms in total. The van der Waals surface area contributed by atoms with Gasteiger partial charge >= 0.3 is 0 Å². The highest BCUT2D eigenvalue weighted by atomic mass is 35.5. The minimum absolute atomic E-state index is 0. The molecular weight excluding hydrogens is 416 g/mol. The van der Waals surface area contributed by atoms with Gasteiger partial charge in [0.05, 0.1) is 12.8 Å². The fraction of sp³-hybridized carbons (Fsp3) is 0.667. The number of fused-ring (bicyclic) bond motifs is 2. The Balaban J connectivity index is 0.00000150. The quantitative estimate of drug-likeness (QED) is 0.770. The van der Waals surface area contributed by atoms with Gasteiger partial charge in [0.25, 0.3) is 0 Å². The van der Waals surface area contributed by atoms with Crippen LogP contribution in [0.2, 0.25) is 0 Å². The molecule has 1 aromatic carbocycles. The summed E-state index contributed by atoms with van der Waals surface area (Å²) in [5.74, 6) is 1.75. The van der Waals surface area contributed by atoms with Gasteiger partial charge in [-0.1, -0.05) is 6.42 Å². The first-order valence-corrected chi connectivity index (χ1v) is 10.2. The minimum atomic E-state index is -0.300. The largest absolute Gasteiger partial charge is 0.494 e. The molecule has 3 aliphatic rings. The summed E-state index contributed by atoms with van der Waals surface area (Å²) < 4.78 is 18.8. The molecule has 8 heteroatoms. The number of hydrogen-bond acceptors (Lipinski definition) is 4. The number of piperazine rings is 1. The Morgan fingerprint density at radius 1 is 1.10 bits per heavy atom. The van der Waals surface area contributed by atoms with Crippen LogP contribution in [0.5, 0.6) is 5.75 Å². The van der Waals surface area contributed by atoms with Crippen molar-refractivity contribution >= 4 is 36.4 Å². The molecule has 0 spiro atoms. The number of carbonyl (C=O) groups excluding carboxylic acids is 1. The van der Waals surface area contributed by atoms with Gasteiger partial charge in [0.15, 0.2) is 0 Å². The van der Waals surface area contributed by atoms with Crippen molar-refractivity contribution in [2.24, 2.45) is 23.5 Å². The van der Waals surface area contributed by atoms with Gasteiger partial charge in [-0.2, -0.15) is 0 Å². The fourth-order valence-corrected chi connectivity index (χ4v) is 5.33. The summed E-state index contributed by atoms with van der Waals surface area (Å²) >= 11 is 0. The third-order valence-electron chi connectivity index (χ3n) is 6.84. The van der Waals surface area contributed by atoms with Crippen LogP contribution in [0.1, 0.15) is 32.1 Å². The lowest BCUT2D eigenvalue weighted by molar-refractivity contribution is -0.138. The maximum absolute atomic E-state index is 13.4. The molecule has 2 saturated carbocycles. The van der Waals surface area contributed by atoms with Crippen LogP contribution in [0, 0.1) is 23.6 Å². The molecule has 29 heavy (non-hydrogen) atoms. The summed E-state index contributed by atoms with van der Waals surface area (Å²) in [4.78, 5) is 17.3. The second-order valence-electron chi connectivity index (χ2n) is 8.33. The highest BCUT2D eigenvalue weighted by Gasteiger charge is 2.42. The smallest absolute Gasteiger partial charge is 0.225 e. The van der Waals surface area contributed by atoms with Crippen molar-refractivity contribution in [2.45, 2.75) is 38.1 Å². The van der Waals surface area contributed by atoms with E-state index >= 15 is 0 Å². The van der Waals surface area contributed by atoms with Gasteiger partial charge in [-0.15, -0.1) is 24.8 Å². The van der Waals surface area contributed by atoms with E-state index in [-0.39, 0.29) is 36.5 Å². The van der Waals surface area contributed by atoms with Gasteiger partial charge in [-0.3, -0.25) is 4.79 Å². The van der Waals surface area contributed by atoms with Crippen molar-refractivity contribution in [3.05, 3.63) is 24.0 Å². The van der Waals surface area contributed by atoms with E-state index in [1.165, 1.54) is 31.4 Å². The monoisotopic (exact) mass is 447 g/mol. The Morgan fingerprint density at radius 3 is 2.31 bits per heavy atom. The van der Waals surface area contributed by atoms with E-state index in [2.05, 4.69) is 4.90 Å². The molecule has 1 heterocycles. The van der Waals surface area contributed by atoms with Crippen molar-refractivity contribution in [1.82, 2.24) is 4.90 Å². The van der Waals surface area contributed by atoms with Gasteiger partial charge in [0.2, 0.25) is 5.91 Å².